The first-order chi connectivity index (χ1) is 11.9. The summed E-state index contributed by atoms with van der Waals surface area (Å²) in [6, 6.07) is 9.80. The van der Waals surface area contributed by atoms with E-state index in [9.17, 15) is 13.2 Å². The van der Waals surface area contributed by atoms with E-state index in [4.69, 9.17) is 4.74 Å². The van der Waals surface area contributed by atoms with Crippen LogP contribution in [-0.2, 0) is 21.2 Å². The van der Waals surface area contributed by atoms with Crippen molar-refractivity contribution in [3.8, 4) is 5.75 Å². The summed E-state index contributed by atoms with van der Waals surface area (Å²) in [6.45, 7) is 4.42. The van der Waals surface area contributed by atoms with Crippen LogP contribution in [0.15, 0.2) is 41.3 Å². The van der Waals surface area contributed by atoms with Gasteiger partial charge in [-0.15, -0.1) is 0 Å². The lowest BCUT2D eigenvalue weighted by atomic mass is 10.1. The number of rotatable bonds is 6. The molecular weight excluding hydrogens is 340 g/mol. The molecule has 0 bridgehead atoms. The van der Waals surface area contributed by atoms with Crippen LogP contribution in [0.1, 0.15) is 24.5 Å². The molecule has 0 radical (unpaired) electrons. The van der Waals surface area contributed by atoms with Crippen molar-refractivity contribution in [3.63, 3.8) is 0 Å². The standard InChI is InChI=1S/C18H20N2O4S/c1-3-8-24-17-7-5-15(9-12(17)2)25(22,23)20-14-4-6-16-13(10-14)11-18(21)19-16/h4-7,9-10,20H,3,8,11H2,1-2H3,(H,19,21). The molecule has 0 spiro atoms. The first-order valence-corrected chi connectivity index (χ1v) is 9.56. The molecule has 0 unspecified atom stereocenters. The van der Waals surface area contributed by atoms with Crippen LogP contribution in [0.4, 0.5) is 11.4 Å². The molecule has 1 amide bonds. The van der Waals surface area contributed by atoms with Crippen LogP contribution >= 0.6 is 0 Å². The number of fused-ring (bicyclic) bond motifs is 1. The summed E-state index contributed by atoms with van der Waals surface area (Å²) in [4.78, 5) is 11.6. The van der Waals surface area contributed by atoms with E-state index in [0.29, 0.717) is 18.0 Å². The Morgan fingerprint density at radius 1 is 1.20 bits per heavy atom. The fraction of sp³-hybridized carbons (Fsp3) is 0.278. The maximum atomic E-state index is 12.6. The molecule has 25 heavy (non-hydrogen) atoms. The van der Waals surface area contributed by atoms with Gasteiger partial charge >= 0.3 is 0 Å². The zero-order chi connectivity index (χ0) is 18.0. The molecule has 1 aliphatic heterocycles. The van der Waals surface area contributed by atoms with Crippen molar-refractivity contribution in [2.75, 3.05) is 16.6 Å². The van der Waals surface area contributed by atoms with Crippen molar-refractivity contribution in [1.29, 1.82) is 0 Å². The van der Waals surface area contributed by atoms with Crippen LogP contribution in [0.3, 0.4) is 0 Å². The Morgan fingerprint density at radius 3 is 2.72 bits per heavy atom. The average molecular weight is 360 g/mol. The van der Waals surface area contributed by atoms with Gasteiger partial charge in [-0.25, -0.2) is 8.42 Å². The van der Waals surface area contributed by atoms with Crippen LogP contribution in [0.25, 0.3) is 0 Å². The van der Waals surface area contributed by atoms with Crippen molar-refractivity contribution >= 4 is 27.3 Å². The molecule has 1 aliphatic rings. The Bertz CT molecular complexity index is 923. The second-order valence-corrected chi connectivity index (χ2v) is 7.66. The van der Waals surface area contributed by atoms with Gasteiger partial charge in [-0.05, 0) is 60.9 Å². The zero-order valence-corrected chi connectivity index (χ0v) is 14.9. The molecule has 0 saturated carbocycles. The lowest BCUT2D eigenvalue weighted by Gasteiger charge is -2.12. The van der Waals surface area contributed by atoms with Crippen LogP contribution in [0.5, 0.6) is 5.75 Å². The van der Waals surface area contributed by atoms with E-state index in [1.54, 1.807) is 30.3 Å². The number of hydrogen-bond acceptors (Lipinski definition) is 4. The van der Waals surface area contributed by atoms with Gasteiger partial charge in [0.25, 0.3) is 10.0 Å². The fourth-order valence-corrected chi connectivity index (χ4v) is 3.80. The number of benzene rings is 2. The number of carbonyl (C=O) groups excluding carboxylic acids is 1. The summed E-state index contributed by atoms with van der Waals surface area (Å²) < 4.78 is 33.4. The molecule has 2 aromatic carbocycles. The van der Waals surface area contributed by atoms with Gasteiger partial charge < -0.3 is 10.1 Å². The molecule has 0 fully saturated rings. The summed E-state index contributed by atoms with van der Waals surface area (Å²) in [7, 11) is -3.71. The topological polar surface area (TPSA) is 84.5 Å². The molecule has 3 rings (SSSR count). The maximum absolute atomic E-state index is 12.6. The Hall–Kier alpha value is -2.54. The van der Waals surface area contributed by atoms with Gasteiger partial charge in [0.2, 0.25) is 5.91 Å². The largest absolute Gasteiger partial charge is 0.493 e. The highest BCUT2D eigenvalue weighted by Crippen LogP contribution is 2.28. The van der Waals surface area contributed by atoms with Crippen molar-refractivity contribution in [3.05, 3.63) is 47.5 Å². The maximum Gasteiger partial charge on any atom is 0.261 e. The van der Waals surface area contributed by atoms with Gasteiger partial charge in [-0.3, -0.25) is 9.52 Å². The number of ether oxygens (including phenoxy) is 1. The molecule has 7 heteroatoms. The molecule has 2 N–H and O–H groups in total. The molecule has 6 nitrogen and oxygen atoms in total. The van der Waals surface area contributed by atoms with E-state index in [0.717, 1.165) is 23.2 Å². The third kappa shape index (κ3) is 3.76. The Kier molecular flexibility index (Phi) is 4.67. The quantitative estimate of drug-likeness (QED) is 0.829. The number of sulfonamides is 1. The van der Waals surface area contributed by atoms with Crippen molar-refractivity contribution in [1.82, 2.24) is 0 Å². The Morgan fingerprint density at radius 2 is 2.00 bits per heavy atom. The van der Waals surface area contributed by atoms with Crippen LogP contribution in [0, 0.1) is 6.92 Å². The average Bonchev–Trinajstić information content (AvgIpc) is 2.92. The lowest BCUT2D eigenvalue weighted by molar-refractivity contribution is -0.115. The lowest BCUT2D eigenvalue weighted by Crippen LogP contribution is -2.13. The predicted octanol–water partition coefficient (Wildman–Crippen LogP) is 3.08. The molecule has 2 aromatic rings. The van der Waals surface area contributed by atoms with Gasteiger partial charge in [-0.1, -0.05) is 6.92 Å². The first kappa shape index (κ1) is 17.3. The smallest absolute Gasteiger partial charge is 0.261 e. The second kappa shape index (κ2) is 6.76. The fourth-order valence-electron chi connectivity index (χ4n) is 2.67. The van der Waals surface area contributed by atoms with E-state index in [1.807, 2.05) is 13.8 Å². The van der Waals surface area contributed by atoms with E-state index in [2.05, 4.69) is 10.0 Å². The van der Waals surface area contributed by atoms with Crippen molar-refractivity contribution < 1.29 is 17.9 Å². The number of nitrogens with one attached hydrogen (secondary N) is 2. The third-order valence-corrected chi connectivity index (χ3v) is 5.28. The molecule has 0 aromatic heterocycles. The molecule has 132 valence electrons. The number of anilines is 2. The van der Waals surface area contributed by atoms with Crippen LogP contribution in [-0.4, -0.2) is 20.9 Å². The van der Waals surface area contributed by atoms with E-state index >= 15 is 0 Å². The van der Waals surface area contributed by atoms with Gasteiger partial charge in [0, 0.05) is 11.4 Å². The molecule has 0 aliphatic carbocycles. The van der Waals surface area contributed by atoms with Gasteiger partial charge in [-0.2, -0.15) is 0 Å². The highest BCUT2D eigenvalue weighted by Gasteiger charge is 2.20. The van der Waals surface area contributed by atoms with Crippen molar-refractivity contribution in [2.24, 2.45) is 0 Å². The molecule has 1 heterocycles. The van der Waals surface area contributed by atoms with Crippen molar-refractivity contribution in [2.45, 2.75) is 31.6 Å². The van der Waals surface area contributed by atoms with Gasteiger partial charge in [0.15, 0.2) is 0 Å². The summed E-state index contributed by atoms with van der Waals surface area (Å²) in [6.07, 6.45) is 1.14. The Balaban J connectivity index is 1.81. The SMILES string of the molecule is CCCOc1ccc(S(=O)(=O)Nc2ccc3c(c2)CC(=O)N3)cc1C. The predicted molar refractivity (Wildman–Crippen MR) is 96.5 cm³/mol. The molecular formula is C18H20N2O4S. The van der Waals surface area contributed by atoms with E-state index in [-0.39, 0.29) is 17.2 Å². The third-order valence-electron chi connectivity index (χ3n) is 3.90. The minimum atomic E-state index is -3.71. The minimum Gasteiger partial charge on any atom is -0.493 e. The summed E-state index contributed by atoms with van der Waals surface area (Å²) in [5.74, 6) is 0.594. The number of carbonyl (C=O) groups is 1. The van der Waals surface area contributed by atoms with Gasteiger partial charge in [0.1, 0.15) is 5.75 Å². The highest BCUT2D eigenvalue weighted by atomic mass is 32.2. The summed E-state index contributed by atoms with van der Waals surface area (Å²) in [5, 5.41) is 2.72. The van der Waals surface area contributed by atoms with E-state index in [1.165, 1.54) is 6.07 Å². The number of amides is 1. The van der Waals surface area contributed by atoms with E-state index < -0.39 is 10.0 Å². The monoisotopic (exact) mass is 360 g/mol. The summed E-state index contributed by atoms with van der Waals surface area (Å²) >= 11 is 0. The second-order valence-electron chi connectivity index (χ2n) is 5.98. The number of aryl methyl sites for hydroxylation is 1. The minimum absolute atomic E-state index is 0.0895. The van der Waals surface area contributed by atoms with Crippen LogP contribution in [0.2, 0.25) is 0 Å². The zero-order valence-electron chi connectivity index (χ0n) is 14.1. The summed E-state index contributed by atoms with van der Waals surface area (Å²) in [5.41, 5.74) is 2.70. The highest BCUT2D eigenvalue weighted by molar-refractivity contribution is 7.92. The van der Waals surface area contributed by atoms with Gasteiger partial charge in [0.05, 0.1) is 17.9 Å². The molecule has 0 atom stereocenters. The Labute approximate surface area is 147 Å². The number of hydrogen-bond donors (Lipinski definition) is 2. The van der Waals surface area contributed by atoms with Crippen LogP contribution < -0.4 is 14.8 Å². The normalized spacial score (nSPS) is 13.3. The first-order valence-electron chi connectivity index (χ1n) is 8.08. The molecule has 0 saturated heterocycles.